The van der Waals surface area contributed by atoms with Crippen LogP contribution in [0, 0.1) is 0 Å². The van der Waals surface area contributed by atoms with Crippen LogP contribution in [-0.4, -0.2) is 10.2 Å². The van der Waals surface area contributed by atoms with Crippen molar-refractivity contribution in [1.82, 2.24) is 15.9 Å². The second kappa shape index (κ2) is 2.22. The van der Waals surface area contributed by atoms with Crippen molar-refractivity contribution in [3.05, 3.63) is 5.01 Å². The van der Waals surface area contributed by atoms with Gasteiger partial charge in [-0.2, -0.15) is 0 Å². The highest BCUT2D eigenvalue weighted by Gasteiger charge is 2.12. The van der Waals surface area contributed by atoms with Gasteiger partial charge in [-0.1, -0.05) is 11.3 Å². The Morgan fingerprint density at radius 1 is 1.44 bits per heavy atom. The summed E-state index contributed by atoms with van der Waals surface area (Å²) in [6, 6.07) is 0. The van der Waals surface area contributed by atoms with Crippen LogP contribution in [0.3, 0.4) is 0 Å². The molecule has 0 fully saturated rings. The molecule has 2 radical (unpaired) electrons. The Morgan fingerprint density at radius 2 is 2.11 bits per heavy atom. The van der Waals surface area contributed by atoms with E-state index in [1.54, 1.807) is 0 Å². The molecule has 0 aliphatic heterocycles. The number of nitrogens with zero attached hydrogens (tertiary/aromatic N) is 3. The van der Waals surface area contributed by atoms with Crippen LogP contribution in [0.1, 0.15) is 11.4 Å². The molecule has 9 heavy (non-hydrogen) atoms. The molecule has 1 aromatic heterocycles. The molecule has 0 aliphatic rings. The van der Waals surface area contributed by atoms with E-state index in [4.69, 9.17) is 5.73 Å². The lowest BCUT2D eigenvalue weighted by atomic mass is 10.8. The molecule has 0 aliphatic carbocycles. The number of rotatable bonds is 1. The monoisotopic (exact) mass is 149 g/mol. The molecule has 1 aromatic rings. The maximum absolute atomic E-state index is 11.6. The number of alkyl halides is 2. The molecule has 6 heteroatoms. The first-order valence-corrected chi connectivity index (χ1v) is 2.82. The number of aromatic nitrogens is 2. The van der Waals surface area contributed by atoms with Crippen molar-refractivity contribution in [3.8, 4) is 0 Å². The Hall–Kier alpha value is -0.780. The molecule has 0 spiro atoms. The molecule has 0 N–H and O–H groups in total. The molecule has 1 heterocycles. The minimum atomic E-state index is -2.64. The molecule has 48 valence electrons. The van der Waals surface area contributed by atoms with Crippen molar-refractivity contribution in [2.24, 2.45) is 0 Å². The average molecular weight is 149 g/mol. The third kappa shape index (κ3) is 1.32. The van der Waals surface area contributed by atoms with Crippen molar-refractivity contribution >= 4 is 16.5 Å². The van der Waals surface area contributed by atoms with Crippen molar-refractivity contribution in [3.63, 3.8) is 0 Å². The molecule has 0 bridgehead atoms. The summed E-state index contributed by atoms with van der Waals surface area (Å²) < 4.78 is 23.2. The van der Waals surface area contributed by atoms with Gasteiger partial charge in [0, 0.05) is 0 Å². The minimum absolute atomic E-state index is 0.426. The molecule has 0 saturated carbocycles. The van der Waals surface area contributed by atoms with Crippen molar-refractivity contribution in [2.75, 3.05) is 0 Å². The van der Waals surface area contributed by atoms with Crippen LogP contribution in [0.25, 0.3) is 0 Å². The fourth-order valence-electron chi connectivity index (χ4n) is 0.315. The van der Waals surface area contributed by atoms with Gasteiger partial charge in [-0.05, 0) is 0 Å². The highest BCUT2D eigenvalue weighted by atomic mass is 32.1. The van der Waals surface area contributed by atoms with Gasteiger partial charge >= 0.3 is 0 Å². The summed E-state index contributed by atoms with van der Waals surface area (Å²) in [4.78, 5) is 0. The van der Waals surface area contributed by atoms with Gasteiger partial charge in [0.25, 0.3) is 11.6 Å². The first-order valence-electron chi connectivity index (χ1n) is 2.00. The first-order chi connectivity index (χ1) is 4.20. The van der Waals surface area contributed by atoms with E-state index < -0.39 is 16.6 Å². The third-order valence-electron chi connectivity index (χ3n) is 0.617. The third-order valence-corrected chi connectivity index (χ3v) is 1.35. The quantitative estimate of drug-likeness (QED) is 0.601. The maximum Gasteiger partial charge on any atom is 0.291 e. The first kappa shape index (κ1) is 6.34. The lowest BCUT2D eigenvalue weighted by Crippen LogP contribution is -1.79. The zero-order chi connectivity index (χ0) is 6.85. The Kier molecular flexibility index (Phi) is 1.56. The second-order valence-corrected chi connectivity index (χ2v) is 2.21. The smallest absolute Gasteiger partial charge is 0.202 e. The van der Waals surface area contributed by atoms with E-state index in [1.807, 2.05) is 0 Å². The van der Waals surface area contributed by atoms with E-state index in [1.165, 1.54) is 0 Å². The SMILES string of the molecule is [N]c1nnc(C(F)F)s1. The van der Waals surface area contributed by atoms with E-state index >= 15 is 0 Å². The summed E-state index contributed by atoms with van der Waals surface area (Å²) in [6.45, 7) is 0. The fraction of sp³-hybridized carbons (Fsp3) is 0.333. The second-order valence-electron chi connectivity index (χ2n) is 1.22. The van der Waals surface area contributed by atoms with Gasteiger partial charge in [-0.15, -0.1) is 15.9 Å². The van der Waals surface area contributed by atoms with Crippen molar-refractivity contribution in [1.29, 1.82) is 0 Å². The Labute approximate surface area is 53.5 Å². The van der Waals surface area contributed by atoms with Gasteiger partial charge in [-0.3, -0.25) is 0 Å². The molecular formula is C3HF2N3S. The van der Waals surface area contributed by atoms with Crippen molar-refractivity contribution < 1.29 is 8.78 Å². The van der Waals surface area contributed by atoms with Crippen LogP contribution < -0.4 is 5.73 Å². The van der Waals surface area contributed by atoms with Gasteiger partial charge in [0.1, 0.15) is 0 Å². The molecule has 0 unspecified atom stereocenters. The molecule has 0 amide bonds. The zero-order valence-electron chi connectivity index (χ0n) is 4.08. The standard InChI is InChI=1S/C3HF2N3S/c4-1(5)2-7-8-3(6)9-2/h1H. The van der Waals surface area contributed by atoms with E-state index in [-0.39, 0.29) is 0 Å². The highest BCUT2D eigenvalue weighted by Crippen LogP contribution is 2.23. The van der Waals surface area contributed by atoms with Gasteiger partial charge < -0.3 is 0 Å². The molecular weight excluding hydrogens is 148 g/mol. The lowest BCUT2D eigenvalue weighted by Gasteiger charge is -1.84. The van der Waals surface area contributed by atoms with Gasteiger partial charge in [0.05, 0.1) is 0 Å². The number of hydrogen-bond donors (Lipinski definition) is 0. The van der Waals surface area contributed by atoms with Gasteiger partial charge in [0.15, 0.2) is 5.01 Å². The maximum atomic E-state index is 11.6. The molecule has 0 aromatic carbocycles. The Morgan fingerprint density at radius 3 is 2.33 bits per heavy atom. The van der Waals surface area contributed by atoms with E-state index in [0.717, 1.165) is 0 Å². The number of hydrogen-bond acceptors (Lipinski definition) is 3. The van der Waals surface area contributed by atoms with Crippen molar-refractivity contribution in [2.45, 2.75) is 6.43 Å². The van der Waals surface area contributed by atoms with Crippen LogP contribution in [0.15, 0.2) is 0 Å². The lowest BCUT2D eigenvalue weighted by molar-refractivity contribution is 0.150. The summed E-state index contributed by atoms with van der Waals surface area (Å²) in [5.41, 5.74) is 8.41. The molecule has 3 nitrogen and oxygen atoms in total. The van der Waals surface area contributed by atoms with Crippen LogP contribution in [0.2, 0.25) is 0 Å². The van der Waals surface area contributed by atoms with Gasteiger partial charge in [0.2, 0.25) is 0 Å². The summed E-state index contributed by atoms with van der Waals surface area (Å²) >= 11 is 0.479. The van der Waals surface area contributed by atoms with E-state index in [0.29, 0.717) is 11.3 Å². The normalized spacial score (nSPS) is 10.6. The minimum Gasteiger partial charge on any atom is -0.202 e. The predicted octanol–water partition coefficient (Wildman–Crippen LogP) is 1.18. The average Bonchev–Trinajstić information content (AvgIpc) is 2.14. The van der Waals surface area contributed by atoms with Crippen LogP contribution >= 0.6 is 11.3 Å². The topological polar surface area (TPSA) is 48.1 Å². The van der Waals surface area contributed by atoms with Gasteiger partial charge in [-0.25, -0.2) is 8.78 Å². The summed E-state index contributed by atoms with van der Waals surface area (Å²) in [7, 11) is 0. The van der Waals surface area contributed by atoms with Crippen LogP contribution in [0.5, 0.6) is 0 Å². The van der Waals surface area contributed by atoms with E-state index in [2.05, 4.69) is 10.2 Å². The summed E-state index contributed by atoms with van der Waals surface area (Å²) in [5, 5.41) is 5.09. The summed E-state index contributed by atoms with van der Waals surface area (Å²) in [6.07, 6.45) is -2.64. The highest BCUT2D eigenvalue weighted by molar-refractivity contribution is 7.14. The largest absolute Gasteiger partial charge is 0.291 e. The Bertz CT molecular complexity index is 199. The zero-order valence-corrected chi connectivity index (χ0v) is 4.90. The van der Waals surface area contributed by atoms with Crippen LogP contribution in [0.4, 0.5) is 13.9 Å². The van der Waals surface area contributed by atoms with Crippen LogP contribution in [-0.2, 0) is 0 Å². The predicted molar refractivity (Wildman–Crippen MR) is 26.7 cm³/mol. The fourth-order valence-corrected chi connectivity index (χ4v) is 0.754. The molecule has 0 saturated heterocycles. The van der Waals surface area contributed by atoms with E-state index in [9.17, 15) is 8.78 Å². The Balaban J connectivity index is 2.85. The molecule has 1 rings (SSSR count). The number of halogens is 2. The molecule has 0 atom stereocenters. The summed E-state index contributed by atoms with van der Waals surface area (Å²) in [5.74, 6) is 0.